The van der Waals surface area contributed by atoms with E-state index in [2.05, 4.69) is 65.0 Å². The van der Waals surface area contributed by atoms with Crippen LogP contribution in [0.1, 0.15) is 24.0 Å². The molecule has 0 aromatic heterocycles. The standard InChI is InChI=1S/C26H31N3O2S/c1-19-7-4-8-20(26(19)27-18-30)17-31-21-13-15-29(16-14-21)32-25-12-6-9-22-23(25)10-5-11-24(22)28(2)3/h4-12,18,21H,13-17H2,1-3H3,(H,27,30). The molecule has 0 unspecified atom stereocenters. The molecule has 6 heteroatoms. The Morgan fingerprint density at radius 2 is 1.78 bits per heavy atom. The van der Waals surface area contributed by atoms with Gasteiger partial charge in [-0.3, -0.25) is 4.79 Å². The number of hydrogen-bond donors (Lipinski definition) is 1. The number of anilines is 2. The number of nitrogens with one attached hydrogen (secondary N) is 1. The summed E-state index contributed by atoms with van der Waals surface area (Å²) in [6, 6.07) is 19.1. The van der Waals surface area contributed by atoms with E-state index in [1.165, 1.54) is 21.4 Å². The molecule has 0 bridgehead atoms. The molecule has 1 heterocycles. The number of para-hydroxylation sites is 1. The third kappa shape index (κ3) is 5.09. The molecule has 0 atom stereocenters. The third-order valence-electron chi connectivity index (χ3n) is 6.01. The summed E-state index contributed by atoms with van der Waals surface area (Å²) in [6.07, 6.45) is 2.98. The van der Waals surface area contributed by atoms with Crippen LogP contribution in [0.5, 0.6) is 0 Å². The Kier molecular flexibility index (Phi) is 7.35. The summed E-state index contributed by atoms with van der Waals surface area (Å²) in [7, 11) is 4.18. The lowest BCUT2D eigenvalue weighted by molar-refractivity contribution is -0.105. The second kappa shape index (κ2) is 10.4. The van der Waals surface area contributed by atoms with Gasteiger partial charge >= 0.3 is 0 Å². The Hall–Kier alpha value is -2.54. The Balaban J connectivity index is 1.36. The van der Waals surface area contributed by atoms with Gasteiger partial charge in [0.1, 0.15) is 0 Å². The monoisotopic (exact) mass is 449 g/mol. The Morgan fingerprint density at radius 1 is 1.06 bits per heavy atom. The number of amides is 1. The molecule has 1 N–H and O–H groups in total. The smallest absolute Gasteiger partial charge is 0.211 e. The van der Waals surface area contributed by atoms with E-state index in [1.54, 1.807) is 0 Å². The zero-order valence-electron chi connectivity index (χ0n) is 19.0. The van der Waals surface area contributed by atoms with Crippen molar-refractivity contribution in [1.82, 2.24) is 4.31 Å². The van der Waals surface area contributed by atoms with Crippen molar-refractivity contribution in [2.45, 2.75) is 37.4 Å². The van der Waals surface area contributed by atoms with Gasteiger partial charge < -0.3 is 15.0 Å². The molecule has 1 saturated heterocycles. The van der Waals surface area contributed by atoms with Crippen molar-refractivity contribution in [2.75, 3.05) is 37.4 Å². The van der Waals surface area contributed by atoms with Crippen molar-refractivity contribution in [3.05, 3.63) is 65.7 Å². The molecule has 0 radical (unpaired) electrons. The number of hydrogen-bond acceptors (Lipinski definition) is 5. The number of ether oxygens (including phenoxy) is 1. The van der Waals surface area contributed by atoms with Crippen molar-refractivity contribution in [1.29, 1.82) is 0 Å². The number of piperidine rings is 1. The van der Waals surface area contributed by atoms with Crippen LogP contribution in [0.25, 0.3) is 10.8 Å². The van der Waals surface area contributed by atoms with Crippen molar-refractivity contribution < 1.29 is 9.53 Å². The number of benzene rings is 3. The highest BCUT2D eigenvalue weighted by molar-refractivity contribution is 7.97. The summed E-state index contributed by atoms with van der Waals surface area (Å²) < 4.78 is 8.67. The molecule has 0 aliphatic carbocycles. The van der Waals surface area contributed by atoms with Gasteiger partial charge in [-0.25, -0.2) is 4.31 Å². The predicted molar refractivity (Wildman–Crippen MR) is 134 cm³/mol. The summed E-state index contributed by atoms with van der Waals surface area (Å²) in [5.41, 5.74) is 4.19. The fourth-order valence-electron chi connectivity index (χ4n) is 4.29. The van der Waals surface area contributed by atoms with Crippen molar-refractivity contribution in [3.8, 4) is 0 Å². The number of rotatable bonds is 8. The summed E-state index contributed by atoms with van der Waals surface area (Å²) in [5, 5.41) is 5.41. The van der Waals surface area contributed by atoms with E-state index < -0.39 is 0 Å². The second-order valence-electron chi connectivity index (χ2n) is 8.42. The van der Waals surface area contributed by atoms with Gasteiger partial charge in [-0.2, -0.15) is 0 Å². The summed E-state index contributed by atoms with van der Waals surface area (Å²) in [6.45, 7) is 4.50. The number of carbonyl (C=O) groups is 1. The average molecular weight is 450 g/mol. The van der Waals surface area contributed by atoms with Crippen LogP contribution in [0.2, 0.25) is 0 Å². The maximum Gasteiger partial charge on any atom is 0.211 e. The number of carbonyl (C=O) groups excluding carboxylic acids is 1. The topological polar surface area (TPSA) is 44.8 Å². The molecule has 4 rings (SSSR count). The Morgan fingerprint density at radius 3 is 2.53 bits per heavy atom. The van der Waals surface area contributed by atoms with E-state index in [0.717, 1.165) is 49.2 Å². The van der Waals surface area contributed by atoms with E-state index in [-0.39, 0.29) is 6.10 Å². The lowest BCUT2D eigenvalue weighted by atomic mass is 10.1. The lowest BCUT2D eigenvalue weighted by Gasteiger charge is -2.31. The minimum absolute atomic E-state index is 0.240. The minimum atomic E-state index is 0.240. The minimum Gasteiger partial charge on any atom is -0.377 e. The normalized spacial score (nSPS) is 15.1. The van der Waals surface area contributed by atoms with Crippen LogP contribution in [-0.4, -0.2) is 44.0 Å². The lowest BCUT2D eigenvalue weighted by Crippen LogP contribution is -2.32. The summed E-state index contributed by atoms with van der Waals surface area (Å²) >= 11 is 1.85. The zero-order valence-corrected chi connectivity index (χ0v) is 19.8. The molecule has 1 aliphatic rings. The fourth-order valence-corrected chi connectivity index (χ4v) is 5.37. The molecular weight excluding hydrogens is 418 g/mol. The van der Waals surface area contributed by atoms with Gasteiger partial charge in [0, 0.05) is 54.4 Å². The van der Waals surface area contributed by atoms with Crippen molar-refractivity contribution >= 4 is 40.5 Å². The summed E-state index contributed by atoms with van der Waals surface area (Å²) in [5.74, 6) is 0. The number of aryl methyl sites for hydroxylation is 1. The first-order valence-electron chi connectivity index (χ1n) is 11.1. The molecule has 3 aromatic carbocycles. The van der Waals surface area contributed by atoms with Crippen LogP contribution in [0.15, 0.2) is 59.5 Å². The number of fused-ring (bicyclic) bond motifs is 1. The first-order chi connectivity index (χ1) is 15.6. The number of nitrogens with zero attached hydrogens (tertiary/aromatic N) is 2. The van der Waals surface area contributed by atoms with Gasteiger partial charge in [0.2, 0.25) is 6.41 Å². The molecule has 1 aliphatic heterocycles. The molecule has 1 fully saturated rings. The van der Waals surface area contributed by atoms with Gasteiger partial charge in [0.25, 0.3) is 0 Å². The molecule has 32 heavy (non-hydrogen) atoms. The molecule has 0 saturated carbocycles. The van der Waals surface area contributed by atoms with Crippen LogP contribution in [0.3, 0.4) is 0 Å². The quantitative estimate of drug-likeness (QED) is 0.365. The molecule has 168 valence electrons. The van der Waals surface area contributed by atoms with E-state index in [4.69, 9.17) is 4.74 Å². The van der Waals surface area contributed by atoms with E-state index >= 15 is 0 Å². The average Bonchev–Trinajstić information content (AvgIpc) is 2.80. The summed E-state index contributed by atoms with van der Waals surface area (Å²) in [4.78, 5) is 14.4. The van der Waals surface area contributed by atoms with Gasteiger partial charge in [0.15, 0.2) is 0 Å². The van der Waals surface area contributed by atoms with Crippen LogP contribution in [0, 0.1) is 6.92 Å². The maximum atomic E-state index is 10.9. The molecule has 0 spiro atoms. The predicted octanol–water partition coefficient (Wildman–Crippen LogP) is 5.47. The van der Waals surface area contributed by atoms with Crippen LogP contribution in [-0.2, 0) is 16.1 Å². The van der Waals surface area contributed by atoms with E-state index in [9.17, 15) is 4.79 Å². The highest BCUT2D eigenvalue weighted by Crippen LogP contribution is 2.36. The Labute approximate surface area is 194 Å². The van der Waals surface area contributed by atoms with E-state index in [0.29, 0.717) is 6.61 Å². The maximum absolute atomic E-state index is 10.9. The second-order valence-corrected chi connectivity index (χ2v) is 9.56. The van der Waals surface area contributed by atoms with Gasteiger partial charge in [-0.1, -0.05) is 42.5 Å². The molecule has 5 nitrogen and oxygen atoms in total. The SMILES string of the molecule is Cc1cccc(COC2CCN(Sc3cccc4c(N(C)C)cccc34)CC2)c1NC=O. The Bertz CT molecular complexity index is 1080. The van der Waals surface area contributed by atoms with Gasteiger partial charge in [0.05, 0.1) is 12.7 Å². The van der Waals surface area contributed by atoms with Crippen molar-refractivity contribution in [3.63, 3.8) is 0 Å². The first kappa shape index (κ1) is 22.6. The molecule has 3 aromatic rings. The van der Waals surface area contributed by atoms with Crippen LogP contribution < -0.4 is 10.2 Å². The first-order valence-corrected chi connectivity index (χ1v) is 11.9. The molecular formula is C26H31N3O2S. The molecule has 1 amide bonds. The van der Waals surface area contributed by atoms with Crippen LogP contribution >= 0.6 is 11.9 Å². The van der Waals surface area contributed by atoms with E-state index in [1.807, 2.05) is 37.1 Å². The van der Waals surface area contributed by atoms with Crippen molar-refractivity contribution in [2.24, 2.45) is 0 Å². The fraction of sp³-hybridized carbons (Fsp3) is 0.346. The highest BCUT2D eigenvalue weighted by Gasteiger charge is 2.22. The van der Waals surface area contributed by atoms with Gasteiger partial charge in [-0.05, 0) is 54.8 Å². The highest BCUT2D eigenvalue weighted by atomic mass is 32.2. The van der Waals surface area contributed by atoms with Gasteiger partial charge in [-0.15, -0.1) is 0 Å². The van der Waals surface area contributed by atoms with Crippen LogP contribution in [0.4, 0.5) is 11.4 Å². The largest absolute Gasteiger partial charge is 0.377 e. The third-order valence-corrected chi connectivity index (χ3v) is 7.18. The zero-order chi connectivity index (χ0) is 22.5.